The molecule has 0 bridgehead atoms. The molecule has 0 aliphatic heterocycles. The molecule has 2 nitrogen and oxygen atoms in total. The third-order valence-electron chi connectivity index (χ3n) is 2.76. The number of halogens is 2. The van der Waals surface area contributed by atoms with E-state index in [0.29, 0.717) is 0 Å². The molecule has 0 spiro atoms. The first-order chi connectivity index (χ1) is 9.02. The summed E-state index contributed by atoms with van der Waals surface area (Å²) >= 11 is 1.60. The van der Waals surface area contributed by atoms with Gasteiger partial charge in [-0.05, 0) is 38.1 Å². The van der Waals surface area contributed by atoms with Crippen LogP contribution in [0, 0.1) is 29.9 Å². The van der Waals surface area contributed by atoms with Crippen LogP contribution in [0.25, 0.3) is 0 Å². The van der Waals surface area contributed by atoms with Gasteiger partial charge in [0.25, 0.3) is 0 Å². The van der Waals surface area contributed by atoms with Crippen molar-refractivity contribution in [2.45, 2.75) is 19.9 Å². The van der Waals surface area contributed by atoms with Crippen LogP contribution in [-0.4, -0.2) is 0 Å². The summed E-state index contributed by atoms with van der Waals surface area (Å²) in [6, 6.07) is 8.07. The highest BCUT2D eigenvalue weighted by atomic mass is 32.1. The summed E-state index contributed by atoms with van der Waals surface area (Å²) in [7, 11) is 0. The maximum atomic E-state index is 13.7. The van der Waals surface area contributed by atoms with Crippen molar-refractivity contribution in [3.05, 3.63) is 51.2 Å². The number of nitrogens with zero attached hydrogens (tertiary/aromatic N) is 1. The zero-order valence-electron chi connectivity index (χ0n) is 10.5. The van der Waals surface area contributed by atoms with Crippen LogP contribution in [0.5, 0.6) is 0 Å². The van der Waals surface area contributed by atoms with Crippen LogP contribution in [0.1, 0.15) is 28.3 Å². The molecule has 0 amide bonds. The summed E-state index contributed by atoms with van der Waals surface area (Å²) in [4.78, 5) is 2.21. The lowest BCUT2D eigenvalue weighted by molar-refractivity contribution is 0.508. The standard InChI is InChI=1S/C14H12F2N2S/c1-8-3-6-12(19-8)9(2)18-11-5-4-10(7-17)13(15)14(11)16/h3-6,9,18H,1-2H3. The molecular formula is C14H12F2N2S. The summed E-state index contributed by atoms with van der Waals surface area (Å²) < 4.78 is 27.2. The molecule has 19 heavy (non-hydrogen) atoms. The zero-order valence-corrected chi connectivity index (χ0v) is 11.3. The quantitative estimate of drug-likeness (QED) is 0.904. The normalized spacial score (nSPS) is 11.9. The number of anilines is 1. The number of nitrogens with one attached hydrogen (secondary N) is 1. The highest BCUT2D eigenvalue weighted by Crippen LogP contribution is 2.28. The van der Waals surface area contributed by atoms with Crippen LogP contribution in [0.4, 0.5) is 14.5 Å². The van der Waals surface area contributed by atoms with E-state index in [-0.39, 0.29) is 17.3 Å². The van der Waals surface area contributed by atoms with Crippen molar-refractivity contribution in [1.82, 2.24) is 0 Å². The number of nitriles is 1. The van der Waals surface area contributed by atoms with E-state index in [1.54, 1.807) is 17.4 Å². The summed E-state index contributed by atoms with van der Waals surface area (Å²) in [5, 5.41) is 11.5. The lowest BCUT2D eigenvalue weighted by atomic mass is 10.1. The molecule has 0 saturated carbocycles. The largest absolute Gasteiger partial charge is 0.375 e. The predicted molar refractivity (Wildman–Crippen MR) is 72.2 cm³/mol. The van der Waals surface area contributed by atoms with E-state index in [0.717, 1.165) is 9.75 Å². The first kappa shape index (κ1) is 13.5. The van der Waals surface area contributed by atoms with Crippen LogP contribution < -0.4 is 5.32 Å². The van der Waals surface area contributed by atoms with Crippen LogP contribution in [0.2, 0.25) is 0 Å². The number of aryl methyl sites for hydroxylation is 1. The Balaban J connectivity index is 2.25. The van der Waals surface area contributed by atoms with Gasteiger partial charge in [-0.15, -0.1) is 11.3 Å². The molecule has 0 radical (unpaired) electrons. The van der Waals surface area contributed by atoms with Crippen molar-refractivity contribution in [3.63, 3.8) is 0 Å². The van der Waals surface area contributed by atoms with Crippen LogP contribution in [0.15, 0.2) is 24.3 Å². The van der Waals surface area contributed by atoms with Crippen molar-refractivity contribution >= 4 is 17.0 Å². The van der Waals surface area contributed by atoms with Crippen LogP contribution >= 0.6 is 11.3 Å². The summed E-state index contributed by atoms with van der Waals surface area (Å²) in [5.74, 6) is -2.12. The van der Waals surface area contributed by atoms with Gasteiger partial charge in [0.05, 0.1) is 17.3 Å². The number of thiophene rings is 1. The van der Waals surface area contributed by atoms with Gasteiger partial charge < -0.3 is 5.32 Å². The Kier molecular flexibility index (Phi) is 3.82. The fourth-order valence-corrected chi connectivity index (χ4v) is 2.62. The second-order valence-electron chi connectivity index (χ2n) is 4.21. The maximum Gasteiger partial charge on any atom is 0.183 e. The Morgan fingerprint density at radius 1 is 1.21 bits per heavy atom. The molecule has 0 fully saturated rings. The predicted octanol–water partition coefficient (Wildman–Crippen LogP) is 4.38. The third kappa shape index (κ3) is 2.74. The Morgan fingerprint density at radius 2 is 1.95 bits per heavy atom. The minimum absolute atomic E-state index is 0.0649. The molecule has 0 aliphatic rings. The summed E-state index contributed by atoms with van der Waals surface area (Å²) in [6.45, 7) is 3.86. The second-order valence-corrected chi connectivity index (χ2v) is 5.53. The van der Waals surface area contributed by atoms with Crippen LogP contribution in [-0.2, 0) is 0 Å². The van der Waals surface area contributed by atoms with Gasteiger partial charge in [-0.3, -0.25) is 0 Å². The van der Waals surface area contributed by atoms with E-state index in [9.17, 15) is 8.78 Å². The first-order valence-electron chi connectivity index (χ1n) is 5.74. The Hall–Kier alpha value is -1.93. The molecule has 1 aromatic carbocycles. The van der Waals surface area contributed by atoms with Crippen molar-refractivity contribution < 1.29 is 8.78 Å². The van der Waals surface area contributed by atoms with Crippen molar-refractivity contribution in [3.8, 4) is 6.07 Å². The molecule has 5 heteroatoms. The average Bonchev–Trinajstić information content (AvgIpc) is 2.82. The molecular weight excluding hydrogens is 266 g/mol. The zero-order chi connectivity index (χ0) is 14.0. The minimum atomic E-state index is -1.11. The minimum Gasteiger partial charge on any atom is -0.375 e. The van der Waals surface area contributed by atoms with Gasteiger partial charge in [0, 0.05) is 9.75 Å². The Labute approximate surface area is 114 Å². The highest BCUT2D eigenvalue weighted by molar-refractivity contribution is 7.12. The molecule has 0 saturated heterocycles. The molecule has 1 aromatic heterocycles. The molecule has 1 N–H and O–H groups in total. The van der Waals surface area contributed by atoms with Gasteiger partial charge in [0.1, 0.15) is 6.07 Å². The molecule has 1 atom stereocenters. The number of hydrogen-bond acceptors (Lipinski definition) is 3. The smallest absolute Gasteiger partial charge is 0.183 e. The van der Waals surface area contributed by atoms with Gasteiger partial charge in [-0.1, -0.05) is 0 Å². The molecule has 98 valence electrons. The van der Waals surface area contributed by atoms with Crippen LogP contribution in [0.3, 0.4) is 0 Å². The number of hydrogen-bond donors (Lipinski definition) is 1. The third-order valence-corrected chi connectivity index (χ3v) is 3.95. The number of rotatable bonds is 3. The Bertz CT molecular complexity index is 643. The van der Waals surface area contributed by atoms with E-state index in [4.69, 9.17) is 5.26 Å². The van der Waals surface area contributed by atoms with Crippen molar-refractivity contribution in [2.75, 3.05) is 5.32 Å². The first-order valence-corrected chi connectivity index (χ1v) is 6.55. The van der Waals surface area contributed by atoms with E-state index < -0.39 is 11.6 Å². The molecule has 2 aromatic rings. The van der Waals surface area contributed by atoms with Gasteiger partial charge in [0.2, 0.25) is 0 Å². The van der Waals surface area contributed by atoms with Gasteiger partial charge in [-0.25, -0.2) is 8.78 Å². The number of benzene rings is 1. The van der Waals surface area contributed by atoms with Gasteiger partial charge in [-0.2, -0.15) is 5.26 Å². The maximum absolute atomic E-state index is 13.7. The molecule has 2 rings (SSSR count). The summed E-state index contributed by atoms with van der Waals surface area (Å²) in [5.41, 5.74) is -0.224. The Morgan fingerprint density at radius 3 is 2.53 bits per heavy atom. The second kappa shape index (κ2) is 5.37. The van der Waals surface area contributed by atoms with Gasteiger partial charge in [0.15, 0.2) is 11.6 Å². The monoisotopic (exact) mass is 278 g/mol. The molecule has 1 heterocycles. The van der Waals surface area contributed by atoms with E-state index in [1.807, 2.05) is 26.0 Å². The topological polar surface area (TPSA) is 35.8 Å². The van der Waals surface area contributed by atoms with Gasteiger partial charge >= 0.3 is 0 Å². The summed E-state index contributed by atoms with van der Waals surface area (Å²) in [6.07, 6.45) is 0. The highest BCUT2D eigenvalue weighted by Gasteiger charge is 2.15. The lowest BCUT2D eigenvalue weighted by Gasteiger charge is -2.14. The van der Waals surface area contributed by atoms with Crippen molar-refractivity contribution in [2.24, 2.45) is 0 Å². The fourth-order valence-electron chi connectivity index (χ4n) is 1.74. The van der Waals surface area contributed by atoms with Crippen molar-refractivity contribution in [1.29, 1.82) is 5.26 Å². The average molecular weight is 278 g/mol. The molecule has 1 unspecified atom stereocenters. The van der Waals surface area contributed by atoms with E-state index in [2.05, 4.69) is 5.32 Å². The van der Waals surface area contributed by atoms with E-state index in [1.165, 1.54) is 12.1 Å². The SMILES string of the molecule is Cc1ccc(C(C)Nc2ccc(C#N)c(F)c2F)s1. The fraction of sp³-hybridized carbons (Fsp3) is 0.214. The van der Waals surface area contributed by atoms with E-state index >= 15 is 0 Å². The molecule has 0 aliphatic carbocycles. The lowest BCUT2D eigenvalue weighted by Crippen LogP contribution is -2.08.